The number of hydrogen-bond donors (Lipinski definition) is 3. The Balaban J connectivity index is 0.000000195. The number of allylic oxidation sites excluding steroid dienone is 2. The van der Waals surface area contributed by atoms with Crippen LogP contribution in [-0.4, -0.2) is 32.3 Å². The Hall–Kier alpha value is -3.15. The van der Waals surface area contributed by atoms with Crippen LogP contribution in [0.3, 0.4) is 0 Å². The van der Waals surface area contributed by atoms with E-state index in [2.05, 4.69) is 10.2 Å². The van der Waals surface area contributed by atoms with Gasteiger partial charge in [-0.3, -0.25) is 9.89 Å². The summed E-state index contributed by atoms with van der Waals surface area (Å²) in [6.45, 7) is 5.03. The van der Waals surface area contributed by atoms with E-state index in [9.17, 15) is 9.59 Å². The summed E-state index contributed by atoms with van der Waals surface area (Å²) in [6.07, 6.45) is 3.41. The van der Waals surface area contributed by atoms with E-state index in [0.717, 1.165) is 22.4 Å². The summed E-state index contributed by atoms with van der Waals surface area (Å²) in [4.78, 5) is 22.0. The number of aromatic nitrogens is 2. The van der Waals surface area contributed by atoms with Gasteiger partial charge in [0.1, 0.15) is 0 Å². The van der Waals surface area contributed by atoms with Gasteiger partial charge in [0.25, 0.3) is 0 Å². The molecule has 1 aliphatic carbocycles. The maximum absolute atomic E-state index is 11.1. The van der Waals surface area contributed by atoms with Crippen molar-refractivity contribution in [2.24, 2.45) is 5.41 Å². The van der Waals surface area contributed by atoms with Crippen LogP contribution < -0.4 is 0 Å². The molecule has 0 fully saturated rings. The first-order valence-corrected chi connectivity index (χ1v) is 8.16. The fraction of sp³-hybridized carbons (Fsp3) is 0.250. The van der Waals surface area contributed by atoms with Crippen LogP contribution >= 0.6 is 0 Å². The molecule has 2 aromatic rings. The van der Waals surface area contributed by atoms with Crippen LogP contribution in [0.4, 0.5) is 0 Å². The van der Waals surface area contributed by atoms with Gasteiger partial charge in [-0.15, -0.1) is 0 Å². The van der Waals surface area contributed by atoms with Crippen LogP contribution in [0.5, 0.6) is 0 Å². The lowest BCUT2D eigenvalue weighted by atomic mass is 9.72. The fourth-order valence-corrected chi connectivity index (χ4v) is 2.77. The van der Waals surface area contributed by atoms with Crippen LogP contribution in [0.25, 0.3) is 11.3 Å². The van der Waals surface area contributed by atoms with Gasteiger partial charge in [0.05, 0.1) is 11.1 Å². The third-order valence-corrected chi connectivity index (χ3v) is 4.67. The molecule has 1 aromatic carbocycles. The lowest BCUT2D eigenvalue weighted by molar-refractivity contribution is -0.146. The summed E-state index contributed by atoms with van der Waals surface area (Å²) in [7, 11) is 0. The maximum atomic E-state index is 11.1. The van der Waals surface area contributed by atoms with Gasteiger partial charge < -0.3 is 10.2 Å². The minimum atomic E-state index is -1.09. The molecule has 6 nitrogen and oxygen atoms in total. The predicted octanol–water partition coefficient (Wildman–Crippen LogP) is 3.91. The van der Waals surface area contributed by atoms with Gasteiger partial charge in [-0.2, -0.15) is 5.10 Å². The van der Waals surface area contributed by atoms with Gasteiger partial charge in [-0.05, 0) is 39.3 Å². The molecule has 6 heteroatoms. The molecule has 0 spiro atoms. The topological polar surface area (TPSA) is 103 Å². The molecule has 0 aliphatic heterocycles. The average Bonchev–Trinajstić information content (AvgIpc) is 3.15. The molecule has 136 valence electrons. The van der Waals surface area contributed by atoms with Crippen LogP contribution in [-0.2, 0) is 9.59 Å². The van der Waals surface area contributed by atoms with Crippen LogP contribution in [0.15, 0.2) is 65.4 Å². The number of H-pyrrole nitrogens is 1. The Bertz CT molecular complexity index is 851. The van der Waals surface area contributed by atoms with Crippen LogP contribution in [0.1, 0.15) is 27.2 Å². The van der Waals surface area contributed by atoms with Crippen molar-refractivity contribution < 1.29 is 19.8 Å². The van der Waals surface area contributed by atoms with Crippen molar-refractivity contribution in [3.05, 3.63) is 65.4 Å². The first kappa shape index (κ1) is 19.2. The SMILES string of the molecule is CC1=C(C)C(C)(C(=O)O)CC(C(=O)O)=C1.c1ccc(-c2cc[nH]n2)cc1. The predicted molar refractivity (Wildman–Crippen MR) is 98.5 cm³/mol. The van der Waals surface area contributed by atoms with Crippen molar-refractivity contribution >= 4 is 11.9 Å². The number of benzene rings is 1. The third kappa shape index (κ3) is 4.08. The van der Waals surface area contributed by atoms with Gasteiger partial charge in [0.2, 0.25) is 0 Å². The quantitative estimate of drug-likeness (QED) is 0.775. The van der Waals surface area contributed by atoms with E-state index in [1.807, 2.05) is 42.6 Å². The summed E-state index contributed by atoms with van der Waals surface area (Å²) in [5.74, 6) is -2.03. The van der Waals surface area contributed by atoms with Crippen molar-refractivity contribution in [1.29, 1.82) is 0 Å². The maximum Gasteiger partial charge on any atom is 0.331 e. The van der Waals surface area contributed by atoms with Crippen molar-refractivity contribution in [3.63, 3.8) is 0 Å². The first-order chi connectivity index (χ1) is 12.3. The van der Waals surface area contributed by atoms with E-state index < -0.39 is 17.4 Å². The zero-order valence-electron chi connectivity index (χ0n) is 15.0. The lowest BCUT2D eigenvalue weighted by Crippen LogP contribution is -2.33. The molecule has 3 N–H and O–H groups in total. The van der Waals surface area contributed by atoms with Crippen molar-refractivity contribution in [2.75, 3.05) is 0 Å². The molecule has 0 bridgehead atoms. The van der Waals surface area contributed by atoms with Gasteiger partial charge >= 0.3 is 11.9 Å². The standard InChI is InChI=1S/C11H14O4.C9H8N2/c1-6-4-8(9(12)13)5-11(3,7(6)2)10(14)15;1-2-4-8(5-3-1)9-6-7-10-11-9/h4H,5H2,1-3H3,(H,12,13)(H,14,15);1-7H,(H,10,11). The summed E-state index contributed by atoms with van der Waals surface area (Å²) in [6, 6.07) is 12.0. The zero-order valence-corrected chi connectivity index (χ0v) is 15.0. The molecule has 0 amide bonds. The highest BCUT2D eigenvalue weighted by atomic mass is 16.4. The van der Waals surface area contributed by atoms with Gasteiger partial charge in [-0.1, -0.05) is 41.5 Å². The molecular formula is C20H22N2O4. The number of nitrogens with zero attached hydrogens (tertiary/aromatic N) is 1. The summed E-state index contributed by atoms with van der Waals surface area (Å²) >= 11 is 0. The van der Waals surface area contributed by atoms with E-state index in [4.69, 9.17) is 10.2 Å². The molecular weight excluding hydrogens is 332 g/mol. The molecule has 1 aromatic heterocycles. The van der Waals surface area contributed by atoms with Crippen molar-refractivity contribution in [2.45, 2.75) is 27.2 Å². The Morgan fingerprint density at radius 1 is 1.12 bits per heavy atom. The molecule has 0 radical (unpaired) electrons. The minimum absolute atomic E-state index is 0.0425. The van der Waals surface area contributed by atoms with E-state index in [1.54, 1.807) is 26.8 Å². The molecule has 0 saturated carbocycles. The summed E-state index contributed by atoms with van der Waals surface area (Å²) < 4.78 is 0. The second kappa shape index (κ2) is 7.82. The molecule has 1 heterocycles. The van der Waals surface area contributed by atoms with Crippen LogP contribution in [0, 0.1) is 5.41 Å². The van der Waals surface area contributed by atoms with E-state index in [0.29, 0.717) is 0 Å². The molecule has 0 saturated heterocycles. The molecule has 26 heavy (non-hydrogen) atoms. The van der Waals surface area contributed by atoms with E-state index in [-0.39, 0.29) is 12.0 Å². The Morgan fingerprint density at radius 3 is 2.27 bits per heavy atom. The Morgan fingerprint density at radius 2 is 1.77 bits per heavy atom. The second-order valence-corrected chi connectivity index (χ2v) is 6.42. The van der Waals surface area contributed by atoms with Crippen LogP contribution in [0.2, 0.25) is 0 Å². The number of nitrogens with one attached hydrogen (secondary N) is 1. The monoisotopic (exact) mass is 354 g/mol. The second-order valence-electron chi connectivity index (χ2n) is 6.42. The van der Waals surface area contributed by atoms with E-state index >= 15 is 0 Å². The van der Waals surface area contributed by atoms with Gasteiger partial charge in [-0.25, -0.2) is 4.79 Å². The lowest BCUT2D eigenvalue weighted by Gasteiger charge is -2.30. The molecule has 1 aliphatic rings. The average molecular weight is 354 g/mol. The minimum Gasteiger partial charge on any atom is -0.481 e. The highest BCUT2D eigenvalue weighted by Crippen LogP contribution is 2.40. The number of carboxylic acids is 2. The smallest absolute Gasteiger partial charge is 0.331 e. The molecule has 1 atom stereocenters. The largest absolute Gasteiger partial charge is 0.481 e. The van der Waals surface area contributed by atoms with E-state index in [1.165, 1.54) is 0 Å². The highest BCUT2D eigenvalue weighted by Gasteiger charge is 2.40. The number of rotatable bonds is 3. The number of hydrogen-bond acceptors (Lipinski definition) is 3. The first-order valence-electron chi connectivity index (χ1n) is 8.16. The number of aromatic amines is 1. The molecule has 1 unspecified atom stereocenters. The Labute approximate surface area is 151 Å². The third-order valence-electron chi connectivity index (χ3n) is 4.67. The number of carbonyl (C=O) groups is 2. The summed E-state index contributed by atoms with van der Waals surface area (Å²) in [5, 5.41) is 24.8. The van der Waals surface area contributed by atoms with Gasteiger partial charge in [0, 0.05) is 17.3 Å². The fourth-order valence-electron chi connectivity index (χ4n) is 2.77. The normalized spacial score (nSPS) is 19.3. The van der Waals surface area contributed by atoms with Crippen molar-refractivity contribution in [3.8, 4) is 11.3 Å². The molecule has 3 rings (SSSR count). The number of aliphatic carboxylic acids is 2. The van der Waals surface area contributed by atoms with Crippen molar-refractivity contribution in [1.82, 2.24) is 10.2 Å². The Kier molecular flexibility index (Phi) is 5.77. The highest BCUT2D eigenvalue weighted by molar-refractivity contribution is 5.91. The zero-order chi connectivity index (χ0) is 19.3. The number of carboxylic acid groups (broad SMARTS) is 2. The van der Waals surface area contributed by atoms with Gasteiger partial charge in [0.15, 0.2) is 0 Å². The summed E-state index contributed by atoms with van der Waals surface area (Å²) in [5.41, 5.74) is 2.65.